The SMILES string of the molecule is CCN1CCOC(Cn2c(C)c(C)c(C#N)c2N)C1. The highest BCUT2D eigenvalue weighted by atomic mass is 16.5. The van der Waals surface area contributed by atoms with Gasteiger partial charge in [0.15, 0.2) is 0 Å². The predicted octanol–water partition coefficient (Wildman–Crippen LogP) is 1.28. The van der Waals surface area contributed by atoms with Crippen LogP contribution in [0.2, 0.25) is 0 Å². The van der Waals surface area contributed by atoms with Gasteiger partial charge in [-0.15, -0.1) is 0 Å². The Bertz CT molecular complexity index is 501. The highest BCUT2D eigenvalue weighted by Crippen LogP contribution is 2.24. The zero-order chi connectivity index (χ0) is 14.0. The average molecular weight is 262 g/mol. The van der Waals surface area contributed by atoms with E-state index in [-0.39, 0.29) is 6.10 Å². The first kappa shape index (κ1) is 13.9. The Kier molecular flexibility index (Phi) is 4.13. The van der Waals surface area contributed by atoms with Crippen LogP contribution >= 0.6 is 0 Å². The van der Waals surface area contributed by atoms with Crippen LogP contribution in [0.25, 0.3) is 0 Å². The van der Waals surface area contributed by atoms with E-state index in [9.17, 15) is 0 Å². The van der Waals surface area contributed by atoms with E-state index in [1.54, 1.807) is 0 Å². The number of ether oxygens (including phenoxy) is 1. The van der Waals surface area contributed by atoms with E-state index in [0.29, 0.717) is 11.4 Å². The maximum atomic E-state index is 9.14. The van der Waals surface area contributed by atoms with Gasteiger partial charge in [-0.25, -0.2) is 0 Å². The van der Waals surface area contributed by atoms with Gasteiger partial charge in [-0.2, -0.15) is 5.26 Å². The van der Waals surface area contributed by atoms with Crippen LogP contribution in [-0.4, -0.2) is 41.8 Å². The molecule has 19 heavy (non-hydrogen) atoms. The Morgan fingerprint density at radius 3 is 2.79 bits per heavy atom. The van der Waals surface area contributed by atoms with Crippen molar-refractivity contribution in [3.05, 3.63) is 16.8 Å². The van der Waals surface area contributed by atoms with Crippen LogP contribution in [0.5, 0.6) is 0 Å². The molecule has 1 aliphatic heterocycles. The van der Waals surface area contributed by atoms with Crippen molar-refractivity contribution in [1.82, 2.24) is 9.47 Å². The van der Waals surface area contributed by atoms with Gasteiger partial charge in [0.2, 0.25) is 0 Å². The van der Waals surface area contributed by atoms with E-state index in [2.05, 4.69) is 17.9 Å². The summed E-state index contributed by atoms with van der Waals surface area (Å²) < 4.78 is 7.82. The van der Waals surface area contributed by atoms with Crippen molar-refractivity contribution in [2.45, 2.75) is 33.4 Å². The molecule has 0 radical (unpaired) electrons. The molecule has 0 saturated carbocycles. The number of nitriles is 1. The Labute approximate surface area is 114 Å². The maximum Gasteiger partial charge on any atom is 0.122 e. The molecule has 104 valence electrons. The number of nitrogens with zero attached hydrogens (tertiary/aromatic N) is 3. The van der Waals surface area contributed by atoms with Gasteiger partial charge >= 0.3 is 0 Å². The average Bonchev–Trinajstić information content (AvgIpc) is 2.63. The van der Waals surface area contributed by atoms with Gasteiger partial charge in [0, 0.05) is 18.8 Å². The van der Waals surface area contributed by atoms with Crippen molar-refractivity contribution in [3.63, 3.8) is 0 Å². The Morgan fingerprint density at radius 2 is 2.21 bits per heavy atom. The Hall–Kier alpha value is -1.51. The molecule has 2 heterocycles. The minimum absolute atomic E-state index is 0.146. The van der Waals surface area contributed by atoms with Crippen molar-refractivity contribution in [2.24, 2.45) is 0 Å². The molecule has 0 amide bonds. The number of hydrogen-bond acceptors (Lipinski definition) is 4. The quantitative estimate of drug-likeness (QED) is 0.891. The number of likely N-dealkylation sites (N-methyl/N-ethyl adjacent to an activating group) is 1. The second kappa shape index (κ2) is 5.64. The molecule has 1 saturated heterocycles. The molecule has 2 rings (SSSR count). The predicted molar refractivity (Wildman–Crippen MR) is 74.9 cm³/mol. The topological polar surface area (TPSA) is 67.2 Å². The second-order valence-corrected chi connectivity index (χ2v) is 5.08. The van der Waals surface area contributed by atoms with Gasteiger partial charge in [-0.05, 0) is 26.0 Å². The molecule has 1 unspecified atom stereocenters. The van der Waals surface area contributed by atoms with Crippen LogP contribution in [0.1, 0.15) is 23.7 Å². The van der Waals surface area contributed by atoms with E-state index >= 15 is 0 Å². The lowest BCUT2D eigenvalue weighted by molar-refractivity contribution is -0.0342. The first-order valence-electron chi connectivity index (χ1n) is 6.77. The highest BCUT2D eigenvalue weighted by molar-refractivity contribution is 5.57. The first-order chi connectivity index (χ1) is 9.08. The van der Waals surface area contributed by atoms with Crippen molar-refractivity contribution < 1.29 is 4.74 Å². The lowest BCUT2D eigenvalue weighted by Crippen LogP contribution is -2.44. The van der Waals surface area contributed by atoms with E-state index < -0.39 is 0 Å². The van der Waals surface area contributed by atoms with Crippen LogP contribution in [0, 0.1) is 25.2 Å². The number of nitrogens with two attached hydrogens (primary N) is 1. The molecule has 5 heteroatoms. The van der Waals surface area contributed by atoms with Gasteiger partial charge < -0.3 is 15.0 Å². The highest BCUT2D eigenvalue weighted by Gasteiger charge is 2.23. The van der Waals surface area contributed by atoms with Crippen LogP contribution < -0.4 is 5.73 Å². The van der Waals surface area contributed by atoms with Gasteiger partial charge in [0.1, 0.15) is 11.9 Å². The largest absolute Gasteiger partial charge is 0.384 e. The van der Waals surface area contributed by atoms with Crippen molar-refractivity contribution >= 4 is 5.82 Å². The van der Waals surface area contributed by atoms with Gasteiger partial charge in [-0.3, -0.25) is 4.90 Å². The maximum absolute atomic E-state index is 9.14. The number of morpholine rings is 1. The molecule has 5 nitrogen and oxygen atoms in total. The summed E-state index contributed by atoms with van der Waals surface area (Å²) in [6, 6.07) is 2.18. The normalized spacial score (nSPS) is 20.4. The summed E-state index contributed by atoms with van der Waals surface area (Å²) in [6.45, 7) is 10.6. The summed E-state index contributed by atoms with van der Waals surface area (Å²) in [5.74, 6) is 0.565. The lowest BCUT2D eigenvalue weighted by atomic mass is 10.2. The number of anilines is 1. The molecule has 0 aliphatic carbocycles. The Balaban J connectivity index is 2.18. The van der Waals surface area contributed by atoms with Gasteiger partial charge in [0.05, 0.1) is 24.8 Å². The van der Waals surface area contributed by atoms with Crippen LogP contribution in [-0.2, 0) is 11.3 Å². The number of nitrogen functional groups attached to an aromatic ring is 1. The number of hydrogen-bond donors (Lipinski definition) is 1. The molecule has 1 atom stereocenters. The smallest absolute Gasteiger partial charge is 0.122 e. The Morgan fingerprint density at radius 1 is 1.47 bits per heavy atom. The summed E-state index contributed by atoms with van der Waals surface area (Å²) in [5.41, 5.74) is 8.71. The molecule has 1 aromatic heterocycles. The third kappa shape index (κ3) is 2.60. The fraction of sp³-hybridized carbons (Fsp3) is 0.643. The van der Waals surface area contributed by atoms with Crippen molar-refractivity contribution in [2.75, 3.05) is 32.0 Å². The third-order valence-corrected chi connectivity index (χ3v) is 4.04. The summed E-state index contributed by atoms with van der Waals surface area (Å²) in [6.07, 6.45) is 0.146. The molecule has 0 spiro atoms. The van der Waals surface area contributed by atoms with Crippen LogP contribution in [0.3, 0.4) is 0 Å². The van der Waals surface area contributed by atoms with Crippen molar-refractivity contribution in [1.29, 1.82) is 5.26 Å². The minimum Gasteiger partial charge on any atom is -0.384 e. The van der Waals surface area contributed by atoms with E-state index in [1.165, 1.54) is 0 Å². The molecule has 1 aromatic rings. The molecule has 2 N–H and O–H groups in total. The molecule has 1 aliphatic rings. The zero-order valence-electron chi connectivity index (χ0n) is 11.9. The van der Waals surface area contributed by atoms with Crippen LogP contribution in [0.4, 0.5) is 5.82 Å². The van der Waals surface area contributed by atoms with E-state index in [4.69, 9.17) is 15.7 Å². The molecule has 1 fully saturated rings. The summed E-state index contributed by atoms with van der Waals surface area (Å²) in [5, 5.41) is 9.14. The first-order valence-corrected chi connectivity index (χ1v) is 6.77. The zero-order valence-corrected chi connectivity index (χ0v) is 11.9. The van der Waals surface area contributed by atoms with Crippen molar-refractivity contribution in [3.8, 4) is 6.07 Å². The molecular weight excluding hydrogens is 240 g/mol. The fourth-order valence-corrected chi connectivity index (χ4v) is 2.65. The monoisotopic (exact) mass is 262 g/mol. The van der Waals surface area contributed by atoms with E-state index in [1.807, 2.05) is 18.4 Å². The molecule has 0 aromatic carbocycles. The van der Waals surface area contributed by atoms with Gasteiger partial charge in [-0.1, -0.05) is 6.92 Å². The van der Waals surface area contributed by atoms with Crippen LogP contribution in [0.15, 0.2) is 0 Å². The summed E-state index contributed by atoms with van der Waals surface area (Å²) in [4.78, 5) is 2.38. The summed E-state index contributed by atoms with van der Waals surface area (Å²) >= 11 is 0. The number of rotatable bonds is 3. The minimum atomic E-state index is 0.146. The third-order valence-electron chi connectivity index (χ3n) is 4.04. The van der Waals surface area contributed by atoms with Gasteiger partial charge in [0.25, 0.3) is 0 Å². The number of aromatic nitrogens is 1. The molecular formula is C14H22N4O. The summed E-state index contributed by atoms with van der Waals surface area (Å²) in [7, 11) is 0. The second-order valence-electron chi connectivity index (χ2n) is 5.08. The lowest BCUT2D eigenvalue weighted by Gasteiger charge is -2.32. The fourth-order valence-electron chi connectivity index (χ4n) is 2.65. The van der Waals surface area contributed by atoms with E-state index in [0.717, 1.165) is 44.0 Å². The standard InChI is InChI=1S/C14H22N4O/c1-4-17-5-6-19-12(8-17)9-18-11(3)10(2)13(7-15)14(18)16/h12H,4-6,8-9,16H2,1-3H3. The molecule has 0 bridgehead atoms.